The van der Waals surface area contributed by atoms with Gasteiger partial charge in [0.15, 0.2) is 6.61 Å². The van der Waals surface area contributed by atoms with Crippen LogP contribution in [0.15, 0.2) is 48.5 Å². The van der Waals surface area contributed by atoms with Crippen molar-refractivity contribution >= 4 is 23.4 Å². The lowest BCUT2D eigenvalue weighted by Crippen LogP contribution is -2.47. The van der Waals surface area contributed by atoms with E-state index in [0.29, 0.717) is 23.9 Å². The number of hydrogen-bond donors (Lipinski definition) is 1. The Kier molecular flexibility index (Phi) is 6.35. The first-order chi connectivity index (χ1) is 13.0. The molecule has 3 rings (SSSR count). The van der Waals surface area contributed by atoms with Crippen molar-refractivity contribution in [3.05, 3.63) is 64.7 Å². The van der Waals surface area contributed by atoms with Crippen LogP contribution in [0.2, 0.25) is 5.02 Å². The molecule has 0 atom stereocenters. The summed E-state index contributed by atoms with van der Waals surface area (Å²) in [6.45, 7) is 3.18. The fourth-order valence-electron chi connectivity index (χ4n) is 3.16. The molecule has 2 aromatic carbocycles. The van der Waals surface area contributed by atoms with Crippen molar-refractivity contribution < 1.29 is 14.3 Å². The minimum atomic E-state index is -0.159. The summed E-state index contributed by atoms with van der Waals surface area (Å²) in [5.41, 5.74) is 1.73. The van der Waals surface area contributed by atoms with Gasteiger partial charge in [-0.2, -0.15) is 0 Å². The molecule has 1 saturated heterocycles. The number of ether oxygens (including phenoxy) is 1. The van der Waals surface area contributed by atoms with Crippen LogP contribution in [0, 0.1) is 6.92 Å². The van der Waals surface area contributed by atoms with E-state index in [4.69, 9.17) is 16.3 Å². The predicted molar refractivity (Wildman–Crippen MR) is 105 cm³/mol. The third-order valence-electron chi connectivity index (χ3n) is 4.71. The van der Waals surface area contributed by atoms with E-state index < -0.39 is 0 Å². The Hall–Kier alpha value is -2.53. The fourth-order valence-corrected chi connectivity index (χ4v) is 3.29. The number of halogens is 1. The number of hydrogen-bond acceptors (Lipinski definition) is 3. The first kappa shape index (κ1) is 19.2. The monoisotopic (exact) mass is 386 g/mol. The Balaban J connectivity index is 1.43. The molecular weight excluding hydrogens is 364 g/mol. The molecule has 0 aromatic heterocycles. The van der Waals surface area contributed by atoms with Gasteiger partial charge in [0, 0.05) is 29.7 Å². The summed E-state index contributed by atoms with van der Waals surface area (Å²) in [6.07, 6.45) is 1.48. The molecule has 0 spiro atoms. The highest BCUT2D eigenvalue weighted by Crippen LogP contribution is 2.17. The Morgan fingerprint density at radius 1 is 1.11 bits per heavy atom. The minimum Gasteiger partial charge on any atom is -0.484 e. The van der Waals surface area contributed by atoms with Crippen molar-refractivity contribution in [2.75, 3.05) is 19.7 Å². The number of carbonyl (C=O) groups is 2. The highest BCUT2D eigenvalue weighted by molar-refractivity contribution is 6.30. The maximum atomic E-state index is 12.6. The average Bonchev–Trinajstić information content (AvgIpc) is 2.68. The molecule has 5 nitrogen and oxygen atoms in total. The number of benzene rings is 2. The molecule has 6 heteroatoms. The molecule has 27 heavy (non-hydrogen) atoms. The summed E-state index contributed by atoms with van der Waals surface area (Å²) in [6, 6.07) is 14.6. The van der Waals surface area contributed by atoms with Crippen LogP contribution in [-0.4, -0.2) is 42.5 Å². The van der Waals surface area contributed by atoms with E-state index in [1.165, 1.54) is 0 Å². The van der Waals surface area contributed by atoms with Gasteiger partial charge in [0.2, 0.25) is 0 Å². The highest BCUT2D eigenvalue weighted by Gasteiger charge is 2.25. The topological polar surface area (TPSA) is 58.6 Å². The van der Waals surface area contributed by atoms with Gasteiger partial charge in [0.05, 0.1) is 0 Å². The smallest absolute Gasteiger partial charge is 0.258 e. The molecule has 0 saturated carbocycles. The van der Waals surface area contributed by atoms with Crippen LogP contribution in [0.3, 0.4) is 0 Å². The van der Waals surface area contributed by atoms with Crippen LogP contribution < -0.4 is 10.1 Å². The van der Waals surface area contributed by atoms with E-state index in [0.717, 1.165) is 24.0 Å². The zero-order valence-electron chi connectivity index (χ0n) is 15.3. The van der Waals surface area contributed by atoms with E-state index in [9.17, 15) is 9.59 Å². The van der Waals surface area contributed by atoms with E-state index >= 15 is 0 Å². The Morgan fingerprint density at radius 3 is 2.44 bits per heavy atom. The summed E-state index contributed by atoms with van der Waals surface area (Å²) < 4.78 is 5.46. The molecule has 1 aliphatic rings. The van der Waals surface area contributed by atoms with Gasteiger partial charge in [-0.15, -0.1) is 0 Å². The maximum absolute atomic E-state index is 12.6. The number of rotatable bonds is 5. The maximum Gasteiger partial charge on any atom is 0.258 e. The quantitative estimate of drug-likeness (QED) is 0.856. The molecule has 1 fully saturated rings. The normalized spacial score (nSPS) is 14.7. The van der Waals surface area contributed by atoms with Crippen LogP contribution in [0.1, 0.15) is 28.8 Å². The number of likely N-dealkylation sites (tertiary alicyclic amines) is 1. The summed E-state index contributed by atoms with van der Waals surface area (Å²) in [7, 11) is 0. The van der Waals surface area contributed by atoms with Crippen molar-refractivity contribution in [3.8, 4) is 5.75 Å². The average molecular weight is 387 g/mol. The third kappa shape index (κ3) is 5.23. The summed E-state index contributed by atoms with van der Waals surface area (Å²) in [5.74, 6) is 0.505. The lowest BCUT2D eigenvalue weighted by Gasteiger charge is -2.32. The van der Waals surface area contributed by atoms with Crippen LogP contribution in [-0.2, 0) is 4.79 Å². The minimum absolute atomic E-state index is 0.0377. The second kappa shape index (κ2) is 8.91. The van der Waals surface area contributed by atoms with Gasteiger partial charge < -0.3 is 15.0 Å². The second-order valence-corrected chi connectivity index (χ2v) is 7.13. The lowest BCUT2D eigenvalue weighted by molar-refractivity contribution is -0.124. The van der Waals surface area contributed by atoms with Crippen molar-refractivity contribution in [1.82, 2.24) is 10.2 Å². The van der Waals surface area contributed by atoms with Crippen molar-refractivity contribution in [2.45, 2.75) is 25.8 Å². The molecular formula is C21H23ClN2O3. The molecule has 2 aromatic rings. The molecule has 0 radical (unpaired) electrons. The SMILES string of the molecule is Cc1ccccc1C(=O)N1CCC(NC(=O)COc2ccc(Cl)cc2)CC1. The van der Waals surface area contributed by atoms with Crippen molar-refractivity contribution in [1.29, 1.82) is 0 Å². The Bertz CT molecular complexity index is 799. The van der Waals surface area contributed by atoms with E-state index in [2.05, 4.69) is 5.32 Å². The van der Waals surface area contributed by atoms with Crippen LogP contribution >= 0.6 is 11.6 Å². The van der Waals surface area contributed by atoms with Gasteiger partial charge in [0.1, 0.15) is 5.75 Å². The highest BCUT2D eigenvalue weighted by atomic mass is 35.5. The number of nitrogens with zero attached hydrogens (tertiary/aromatic N) is 1. The third-order valence-corrected chi connectivity index (χ3v) is 4.96. The lowest BCUT2D eigenvalue weighted by atomic mass is 10.0. The zero-order chi connectivity index (χ0) is 19.2. The zero-order valence-corrected chi connectivity index (χ0v) is 16.0. The molecule has 142 valence electrons. The molecule has 0 unspecified atom stereocenters. The number of piperidine rings is 1. The Labute approximate surface area is 164 Å². The molecule has 1 heterocycles. The predicted octanol–water partition coefficient (Wildman–Crippen LogP) is 3.45. The van der Waals surface area contributed by atoms with Crippen molar-refractivity contribution in [3.63, 3.8) is 0 Å². The van der Waals surface area contributed by atoms with Crippen LogP contribution in [0.4, 0.5) is 0 Å². The summed E-state index contributed by atoms with van der Waals surface area (Å²) in [4.78, 5) is 26.6. The molecule has 0 bridgehead atoms. The largest absolute Gasteiger partial charge is 0.484 e. The van der Waals surface area contributed by atoms with Gasteiger partial charge in [-0.25, -0.2) is 0 Å². The van der Waals surface area contributed by atoms with Gasteiger partial charge in [0.25, 0.3) is 11.8 Å². The number of carbonyl (C=O) groups excluding carboxylic acids is 2. The van der Waals surface area contributed by atoms with E-state index in [1.807, 2.05) is 36.1 Å². The Morgan fingerprint density at radius 2 is 1.78 bits per heavy atom. The summed E-state index contributed by atoms with van der Waals surface area (Å²) >= 11 is 5.82. The van der Waals surface area contributed by atoms with Gasteiger partial charge >= 0.3 is 0 Å². The number of amides is 2. The first-order valence-corrected chi connectivity index (χ1v) is 9.43. The van der Waals surface area contributed by atoms with Gasteiger partial charge in [-0.3, -0.25) is 9.59 Å². The summed E-state index contributed by atoms with van der Waals surface area (Å²) in [5, 5.41) is 3.61. The number of aryl methyl sites for hydroxylation is 1. The molecule has 2 amide bonds. The standard InChI is InChI=1S/C21H23ClN2O3/c1-15-4-2-3-5-19(15)21(26)24-12-10-17(11-13-24)23-20(25)14-27-18-8-6-16(22)7-9-18/h2-9,17H,10-14H2,1H3,(H,23,25). The van der Waals surface area contributed by atoms with Crippen LogP contribution in [0.25, 0.3) is 0 Å². The van der Waals surface area contributed by atoms with E-state index in [-0.39, 0.29) is 24.5 Å². The second-order valence-electron chi connectivity index (χ2n) is 6.69. The van der Waals surface area contributed by atoms with Crippen LogP contribution in [0.5, 0.6) is 5.75 Å². The molecule has 1 N–H and O–H groups in total. The molecule has 1 aliphatic heterocycles. The fraction of sp³-hybridized carbons (Fsp3) is 0.333. The van der Waals surface area contributed by atoms with E-state index in [1.54, 1.807) is 24.3 Å². The van der Waals surface area contributed by atoms with Gasteiger partial charge in [-0.05, 0) is 55.7 Å². The van der Waals surface area contributed by atoms with Crippen molar-refractivity contribution in [2.24, 2.45) is 0 Å². The first-order valence-electron chi connectivity index (χ1n) is 9.05. The molecule has 0 aliphatic carbocycles. The van der Waals surface area contributed by atoms with Gasteiger partial charge in [-0.1, -0.05) is 29.8 Å². The number of nitrogens with one attached hydrogen (secondary N) is 1.